The highest BCUT2D eigenvalue weighted by Gasteiger charge is 2.22. The molecule has 0 aliphatic heterocycles. The zero-order valence-corrected chi connectivity index (χ0v) is 10.6. The molecule has 0 aromatic carbocycles. The summed E-state index contributed by atoms with van der Waals surface area (Å²) < 4.78 is 33.6. The van der Waals surface area contributed by atoms with Crippen LogP contribution in [-0.2, 0) is 20.9 Å². The second-order valence-corrected chi connectivity index (χ2v) is 6.07. The Morgan fingerprint density at radius 3 is 2.94 bits per heavy atom. The minimum atomic E-state index is -3.56. The lowest BCUT2D eigenvalue weighted by Gasteiger charge is -2.17. The van der Waals surface area contributed by atoms with Gasteiger partial charge in [0, 0.05) is 5.56 Å². The minimum absolute atomic E-state index is 0.0335. The van der Waals surface area contributed by atoms with E-state index in [-0.39, 0.29) is 6.61 Å². The predicted octanol–water partition coefficient (Wildman–Crippen LogP) is 2.83. The van der Waals surface area contributed by atoms with Crippen molar-refractivity contribution in [3.63, 3.8) is 0 Å². The van der Waals surface area contributed by atoms with Gasteiger partial charge in [-0.2, -0.15) is 8.42 Å². The molecule has 0 bridgehead atoms. The highest BCUT2D eigenvalue weighted by Crippen LogP contribution is 2.27. The van der Waals surface area contributed by atoms with Gasteiger partial charge in [0.25, 0.3) is 10.1 Å². The first-order chi connectivity index (χ1) is 8.08. The zero-order chi connectivity index (χ0) is 12.3. The average molecular weight is 256 g/mol. The van der Waals surface area contributed by atoms with E-state index in [1.807, 2.05) is 0 Å². The van der Waals surface area contributed by atoms with Crippen LogP contribution in [0, 0.1) is 5.92 Å². The van der Waals surface area contributed by atoms with Crippen molar-refractivity contribution in [2.75, 3.05) is 0 Å². The monoisotopic (exact) mass is 256 g/mol. The Bertz CT molecular complexity index is 485. The fourth-order valence-corrected chi connectivity index (χ4v) is 2.88. The molecule has 0 saturated carbocycles. The summed E-state index contributed by atoms with van der Waals surface area (Å²) in [6.07, 6.45) is 7.04. The van der Waals surface area contributed by atoms with Gasteiger partial charge >= 0.3 is 0 Å². The number of hydrogen-bond acceptors (Lipinski definition) is 4. The third-order valence-corrected chi connectivity index (χ3v) is 4.35. The third-order valence-electron chi connectivity index (χ3n) is 2.91. The van der Waals surface area contributed by atoms with Crippen molar-refractivity contribution in [1.29, 1.82) is 0 Å². The molecule has 2 rings (SSSR count). The van der Waals surface area contributed by atoms with Crippen molar-refractivity contribution in [3.05, 3.63) is 35.1 Å². The molecule has 1 atom stereocenters. The van der Waals surface area contributed by atoms with Crippen LogP contribution < -0.4 is 0 Å². The maximum Gasteiger partial charge on any atom is 0.293 e. The van der Waals surface area contributed by atoms with Gasteiger partial charge in [0.05, 0.1) is 24.0 Å². The van der Waals surface area contributed by atoms with Crippen molar-refractivity contribution in [3.8, 4) is 0 Å². The first kappa shape index (κ1) is 12.4. The van der Waals surface area contributed by atoms with Gasteiger partial charge in [0.1, 0.15) is 0 Å². The molecule has 94 valence electrons. The smallest absolute Gasteiger partial charge is 0.293 e. The summed E-state index contributed by atoms with van der Waals surface area (Å²) in [6, 6.07) is 1.69. The van der Waals surface area contributed by atoms with Crippen molar-refractivity contribution < 1.29 is 17.0 Å². The maximum absolute atomic E-state index is 11.9. The van der Waals surface area contributed by atoms with E-state index >= 15 is 0 Å². The molecule has 1 aliphatic rings. The van der Waals surface area contributed by atoms with Gasteiger partial charge in [-0.05, 0) is 31.2 Å². The van der Waals surface area contributed by atoms with Gasteiger partial charge < -0.3 is 4.42 Å². The Morgan fingerprint density at radius 1 is 1.53 bits per heavy atom. The van der Waals surface area contributed by atoms with Gasteiger partial charge in [-0.1, -0.05) is 13.0 Å². The summed E-state index contributed by atoms with van der Waals surface area (Å²) in [5, 5.41) is 0. The lowest BCUT2D eigenvalue weighted by atomic mass is 9.96. The predicted molar refractivity (Wildman–Crippen MR) is 63.5 cm³/mol. The van der Waals surface area contributed by atoms with E-state index in [4.69, 9.17) is 8.60 Å². The summed E-state index contributed by atoms with van der Waals surface area (Å²) in [6.45, 7) is 2.15. The van der Waals surface area contributed by atoms with E-state index in [0.29, 0.717) is 17.2 Å². The number of rotatable bonds is 4. The summed E-state index contributed by atoms with van der Waals surface area (Å²) in [5.74, 6) is 0.558. The van der Waals surface area contributed by atoms with E-state index < -0.39 is 10.1 Å². The fraction of sp³-hybridized carbons (Fsp3) is 0.500. The Morgan fingerprint density at radius 2 is 2.35 bits per heavy atom. The molecule has 17 heavy (non-hydrogen) atoms. The highest BCUT2D eigenvalue weighted by atomic mass is 32.2. The second-order valence-electron chi connectivity index (χ2n) is 4.40. The van der Waals surface area contributed by atoms with Crippen LogP contribution in [-0.4, -0.2) is 8.42 Å². The zero-order valence-electron chi connectivity index (χ0n) is 9.76. The topological polar surface area (TPSA) is 56.5 Å². The van der Waals surface area contributed by atoms with Gasteiger partial charge in [-0.25, -0.2) is 0 Å². The van der Waals surface area contributed by atoms with E-state index in [0.717, 1.165) is 18.4 Å². The average Bonchev–Trinajstić information content (AvgIpc) is 2.80. The molecule has 0 saturated heterocycles. The van der Waals surface area contributed by atoms with Crippen LogP contribution in [0.1, 0.15) is 31.7 Å². The molecule has 0 N–H and O–H groups in total. The Balaban J connectivity index is 1.99. The summed E-state index contributed by atoms with van der Waals surface area (Å²) in [5.41, 5.74) is 0.721. The number of allylic oxidation sites excluding steroid dienone is 2. The summed E-state index contributed by atoms with van der Waals surface area (Å²) in [7, 11) is -3.56. The molecule has 1 aromatic heterocycles. The lowest BCUT2D eigenvalue weighted by molar-refractivity contribution is 0.309. The van der Waals surface area contributed by atoms with E-state index in [2.05, 4.69) is 6.92 Å². The maximum atomic E-state index is 11.9. The number of furan rings is 1. The van der Waals surface area contributed by atoms with Crippen molar-refractivity contribution in [1.82, 2.24) is 0 Å². The highest BCUT2D eigenvalue weighted by molar-refractivity contribution is 7.90. The second kappa shape index (κ2) is 5.06. The minimum Gasteiger partial charge on any atom is -0.472 e. The molecule has 0 amide bonds. The molecule has 0 spiro atoms. The molecular weight excluding hydrogens is 240 g/mol. The van der Waals surface area contributed by atoms with Gasteiger partial charge in [0.2, 0.25) is 0 Å². The fourth-order valence-electron chi connectivity index (χ4n) is 1.76. The molecule has 1 aromatic rings. The Labute approximate surface area is 101 Å². The largest absolute Gasteiger partial charge is 0.472 e. The van der Waals surface area contributed by atoms with Crippen LogP contribution in [0.15, 0.2) is 34.0 Å². The van der Waals surface area contributed by atoms with E-state index in [9.17, 15) is 8.42 Å². The normalized spacial score (nSPS) is 21.2. The van der Waals surface area contributed by atoms with Gasteiger partial charge in [-0.3, -0.25) is 4.18 Å². The first-order valence-electron chi connectivity index (χ1n) is 5.67. The molecule has 0 fully saturated rings. The van der Waals surface area contributed by atoms with Crippen LogP contribution >= 0.6 is 0 Å². The quantitative estimate of drug-likeness (QED) is 0.777. The summed E-state index contributed by atoms with van der Waals surface area (Å²) in [4.78, 5) is 0.416. The first-order valence-corrected chi connectivity index (χ1v) is 7.08. The van der Waals surface area contributed by atoms with Crippen molar-refractivity contribution in [2.24, 2.45) is 5.92 Å². The lowest BCUT2D eigenvalue weighted by Crippen LogP contribution is -2.13. The molecular formula is C12H16O4S. The van der Waals surface area contributed by atoms with Crippen molar-refractivity contribution >= 4 is 10.1 Å². The molecule has 1 heterocycles. The number of hydrogen-bond donors (Lipinski definition) is 0. The summed E-state index contributed by atoms with van der Waals surface area (Å²) >= 11 is 0. The SMILES string of the molecule is CC1CC=C(S(=O)(=O)OCc2ccoc2)CC1. The van der Waals surface area contributed by atoms with Crippen LogP contribution in [0.2, 0.25) is 0 Å². The standard InChI is InChI=1S/C12H16O4S/c1-10-2-4-12(5-3-10)17(13,14)16-9-11-6-7-15-8-11/h4,6-8,10H,2-3,5,9H2,1H3. The van der Waals surface area contributed by atoms with Crippen LogP contribution in [0.5, 0.6) is 0 Å². The van der Waals surface area contributed by atoms with Gasteiger partial charge in [0.15, 0.2) is 0 Å². The third kappa shape index (κ3) is 3.20. The molecule has 0 radical (unpaired) electrons. The van der Waals surface area contributed by atoms with Crippen molar-refractivity contribution in [2.45, 2.75) is 32.8 Å². The molecule has 1 aliphatic carbocycles. The molecule has 5 heteroatoms. The van der Waals surface area contributed by atoms with Crippen LogP contribution in [0.25, 0.3) is 0 Å². The molecule has 1 unspecified atom stereocenters. The van der Waals surface area contributed by atoms with Crippen LogP contribution in [0.3, 0.4) is 0 Å². The Hall–Kier alpha value is -1.07. The van der Waals surface area contributed by atoms with Crippen LogP contribution in [0.4, 0.5) is 0 Å². The Kier molecular flexibility index (Phi) is 3.69. The van der Waals surface area contributed by atoms with Gasteiger partial charge in [-0.15, -0.1) is 0 Å². The molecule has 4 nitrogen and oxygen atoms in total. The van der Waals surface area contributed by atoms with E-state index in [1.165, 1.54) is 12.5 Å². The van der Waals surface area contributed by atoms with E-state index in [1.54, 1.807) is 12.1 Å².